The van der Waals surface area contributed by atoms with E-state index in [9.17, 15) is 4.79 Å². The molecule has 0 unspecified atom stereocenters. The maximum Gasteiger partial charge on any atom is 0.247 e. The summed E-state index contributed by atoms with van der Waals surface area (Å²) in [4.78, 5) is 27.0. The fourth-order valence-electron chi connectivity index (χ4n) is 6.77. The average molecular weight is 699 g/mol. The molecular weight excluding hydrogens is 661 g/mol. The Morgan fingerprint density at radius 3 is 2.45 bits per heavy atom. The number of methoxy groups -OCH3 is 2. The van der Waals surface area contributed by atoms with E-state index in [1.165, 1.54) is 6.08 Å². The normalized spacial score (nSPS) is 14.9. The summed E-state index contributed by atoms with van der Waals surface area (Å²) in [5.41, 5.74) is 6.01. The van der Waals surface area contributed by atoms with Crippen molar-refractivity contribution in [2.24, 2.45) is 0 Å². The van der Waals surface area contributed by atoms with Gasteiger partial charge in [0.25, 0.3) is 0 Å². The van der Waals surface area contributed by atoms with Gasteiger partial charge in [-0.05, 0) is 62.7 Å². The quantitative estimate of drug-likeness (QED) is 0.149. The Bertz CT molecular complexity index is 2090. The van der Waals surface area contributed by atoms with E-state index < -0.39 is 0 Å². The molecule has 2 aliphatic heterocycles. The number of hydrogen-bond acceptors (Lipinski definition) is 8. The lowest BCUT2D eigenvalue weighted by Crippen LogP contribution is -2.42. The number of carbonyl (C=O) groups excluding carboxylic acids is 1. The summed E-state index contributed by atoms with van der Waals surface area (Å²) in [7, 11) is 3.09. The largest absolute Gasteiger partial charge is 0.495 e. The first-order chi connectivity index (χ1) is 23.8. The lowest BCUT2D eigenvalue weighted by Gasteiger charge is -2.38. The van der Waals surface area contributed by atoms with Gasteiger partial charge >= 0.3 is 0 Å². The van der Waals surface area contributed by atoms with Crippen molar-refractivity contribution in [3.63, 3.8) is 0 Å². The highest BCUT2D eigenvalue weighted by molar-refractivity contribution is 6.41. The lowest BCUT2D eigenvalue weighted by molar-refractivity contribution is -0.111. The minimum absolute atomic E-state index is 0.291. The number of nitrogens with one attached hydrogen (secondary N) is 2. The van der Waals surface area contributed by atoms with Crippen molar-refractivity contribution in [1.29, 1.82) is 0 Å². The molecule has 0 saturated carbocycles. The van der Waals surface area contributed by atoms with Gasteiger partial charge in [-0.15, -0.1) is 0 Å². The molecule has 2 N–H and O–H groups in total. The number of anilines is 4. The van der Waals surface area contributed by atoms with Gasteiger partial charge in [-0.1, -0.05) is 35.9 Å². The smallest absolute Gasteiger partial charge is 0.247 e. The number of aryl methyl sites for hydroxylation is 1. The van der Waals surface area contributed by atoms with E-state index in [0.29, 0.717) is 61.6 Å². The molecule has 252 valence electrons. The maximum atomic E-state index is 12.5. The van der Waals surface area contributed by atoms with E-state index in [4.69, 9.17) is 42.6 Å². The Morgan fingerprint density at radius 1 is 1.02 bits per heavy atom. The molecule has 0 spiro atoms. The second kappa shape index (κ2) is 13.5. The fraction of sp³-hybridized carbons (Fsp3) is 0.270. The molecular formula is C37H37Cl2N7O3. The Morgan fingerprint density at radius 2 is 1.78 bits per heavy atom. The van der Waals surface area contributed by atoms with Crippen LogP contribution in [0.3, 0.4) is 0 Å². The molecule has 0 radical (unpaired) electrons. The maximum absolute atomic E-state index is 12.5. The van der Waals surface area contributed by atoms with E-state index in [2.05, 4.69) is 45.4 Å². The number of fused-ring (bicyclic) bond motifs is 3. The highest BCUT2D eigenvalue weighted by Gasteiger charge is 2.25. The third-order valence-corrected chi connectivity index (χ3v) is 9.99. The number of amides is 1. The predicted molar refractivity (Wildman–Crippen MR) is 198 cm³/mol. The summed E-state index contributed by atoms with van der Waals surface area (Å²) in [6.07, 6.45) is 12.8. The van der Waals surface area contributed by atoms with E-state index >= 15 is 0 Å². The van der Waals surface area contributed by atoms with Crippen LogP contribution in [0.15, 0.2) is 73.7 Å². The highest BCUT2D eigenvalue weighted by Crippen LogP contribution is 2.47. The van der Waals surface area contributed by atoms with Gasteiger partial charge in [0.05, 0.1) is 46.9 Å². The topological polar surface area (TPSA) is 96.3 Å². The highest BCUT2D eigenvalue weighted by atomic mass is 35.5. The molecule has 2 aliphatic rings. The summed E-state index contributed by atoms with van der Waals surface area (Å²) in [5.74, 6) is 1.17. The molecule has 3 aromatic heterocycles. The standard InChI is InChI=1S/C37H37Cl2N7O3/c1-5-33(47)43-28-17-25(45-14-10-24(11-15-45)44-12-6-7-13-44)8-9-27(28)42-32-18-29-23(20-40-32)16-26(37-41-22(2)21-46(29)37)34-35(38)30(48-3)19-31(49-4)36(34)39/h5-6,8-9,12,16-21,24H,1,7,10-11,13-15H2,2-4H3,(H,40,42)(H,43,47). The minimum Gasteiger partial charge on any atom is -0.495 e. The summed E-state index contributed by atoms with van der Waals surface area (Å²) in [6.45, 7) is 8.59. The van der Waals surface area contributed by atoms with Crippen LogP contribution in [-0.4, -0.2) is 65.1 Å². The van der Waals surface area contributed by atoms with Crippen molar-refractivity contribution in [1.82, 2.24) is 19.3 Å². The zero-order valence-corrected chi connectivity index (χ0v) is 29.1. The number of piperidine rings is 1. The van der Waals surface area contributed by atoms with Gasteiger partial charge in [0.15, 0.2) is 0 Å². The zero-order chi connectivity index (χ0) is 34.2. The van der Waals surface area contributed by atoms with E-state index in [1.54, 1.807) is 26.5 Å². The molecule has 2 aromatic carbocycles. The van der Waals surface area contributed by atoms with Crippen LogP contribution in [0.1, 0.15) is 25.0 Å². The first kappa shape index (κ1) is 32.6. The number of hydrogen-bond donors (Lipinski definition) is 2. The molecule has 5 aromatic rings. The number of pyridine rings is 2. The van der Waals surface area contributed by atoms with Crippen LogP contribution in [0.5, 0.6) is 11.5 Å². The van der Waals surface area contributed by atoms with E-state index in [1.807, 2.05) is 41.8 Å². The van der Waals surface area contributed by atoms with Crippen LogP contribution >= 0.6 is 23.2 Å². The van der Waals surface area contributed by atoms with Crippen LogP contribution in [0.2, 0.25) is 10.0 Å². The van der Waals surface area contributed by atoms with Crippen molar-refractivity contribution in [2.75, 3.05) is 49.4 Å². The number of ether oxygens (including phenoxy) is 2. The summed E-state index contributed by atoms with van der Waals surface area (Å²) in [6, 6.07) is 12.2. The minimum atomic E-state index is -0.291. The second-order valence-electron chi connectivity index (χ2n) is 12.2. The van der Waals surface area contributed by atoms with E-state index in [-0.39, 0.29) is 5.91 Å². The Labute approximate surface area is 294 Å². The SMILES string of the molecule is C=CC(=O)Nc1cc(N2CCC(N3C=CCC3)CC2)ccc1Nc1cc2c(cn1)cc(-c1c(Cl)c(OC)cc(OC)c1Cl)c1nc(C)cn12. The van der Waals surface area contributed by atoms with Gasteiger partial charge in [-0.3, -0.25) is 9.20 Å². The molecule has 12 heteroatoms. The molecule has 5 heterocycles. The summed E-state index contributed by atoms with van der Waals surface area (Å²) >= 11 is 13.7. The van der Waals surface area contributed by atoms with Crippen LogP contribution < -0.4 is 25.0 Å². The van der Waals surface area contributed by atoms with Crippen molar-refractivity contribution < 1.29 is 14.3 Å². The van der Waals surface area contributed by atoms with Crippen LogP contribution in [0, 0.1) is 6.92 Å². The van der Waals surface area contributed by atoms with Gasteiger partial charge in [0, 0.05) is 72.4 Å². The van der Waals surface area contributed by atoms with Gasteiger partial charge in [0.2, 0.25) is 5.91 Å². The second-order valence-corrected chi connectivity index (χ2v) is 13.0. The third-order valence-electron chi connectivity index (χ3n) is 9.24. The van der Waals surface area contributed by atoms with Crippen molar-refractivity contribution in [3.8, 4) is 22.6 Å². The van der Waals surface area contributed by atoms with Crippen LogP contribution in [0.4, 0.5) is 22.9 Å². The number of aromatic nitrogens is 3. The summed E-state index contributed by atoms with van der Waals surface area (Å²) < 4.78 is 13.1. The number of carbonyl (C=O) groups is 1. The Kier molecular flexibility index (Phi) is 9.00. The van der Waals surface area contributed by atoms with Crippen LogP contribution in [-0.2, 0) is 4.79 Å². The Hall–Kier alpha value is -4.93. The number of imidazole rings is 1. The number of nitrogens with zero attached hydrogens (tertiary/aromatic N) is 5. The molecule has 0 bridgehead atoms. The zero-order valence-electron chi connectivity index (χ0n) is 27.6. The Balaban J connectivity index is 1.23. The van der Waals surface area contributed by atoms with Crippen molar-refractivity contribution >= 4 is 68.5 Å². The van der Waals surface area contributed by atoms with Gasteiger partial charge in [-0.25, -0.2) is 9.97 Å². The first-order valence-corrected chi connectivity index (χ1v) is 16.9. The lowest BCUT2D eigenvalue weighted by atomic mass is 10.0. The van der Waals surface area contributed by atoms with Gasteiger partial charge in [-0.2, -0.15) is 0 Å². The summed E-state index contributed by atoms with van der Waals surface area (Å²) in [5, 5.41) is 7.96. The number of halogens is 2. The third kappa shape index (κ3) is 6.22. The predicted octanol–water partition coefficient (Wildman–Crippen LogP) is 8.24. The molecule has 1 saturated heterocycles. The van der Waals surface area contributed by atoms with Gasteiger partial charge in [0.1, 0.15) is 23.0 Å². The first-order valence-electron chi connectivity index (χ1n) is 16.2. The van der Waals surface area contributed by atoms with Gasteiger partial charge < -0.3 is 29.9 Å². The monoisotopic (exact) mass is 697 g/mol. The molecule has 49 heavy (non-hydrogen) atoms. The number of benzene rings is 2. The molecule has 1 fully saturated rings. The van der Waals surface area contributed by atoms with Crippen molar-refractivity contribution in [2.45, 2.75) is 32.2 Å². The fourth-order valence-corrected chi connectivity index (χ4v) is 7.48. The molecule has 10 nitrogen and oxygen atoms in total. The molecule has 1 amide bonds. The molecule has 0 atom stereocenters. The van der Waals surface area contributed by atoms with E-state index in [0.717, 1.165) is 61.2 Å². The molecule has 7 rings (SSSR count). The van der Waals surface area contributed by atoms with Crippen LogP contribution in [0.25, 0.3) is 27.7 Å². The average Bonchev–Trinajstić information content (AvgIpc) is 3.80. The number of rotatable bonds is 9. The molecule has 0 aliphatic carbocycles. The van der Waals surface area contributed by atoms with Crippen molar-refractivity contribution in [3.05, 3.63) is 89.5 Å².